The zero-order valence-electron chi connectivity index (χ0n) is 13.5. The third-order valence-corrected chi connectivity index (χ3v) is 4.47. The van der Waals surface area contributed by atoms with Gasteiger partial charge in [0, 0.05) is 17.6 Å². The van der Waals surface area contributed by atoms with E-state index in [4.69, 9.17) is 4.98 Å². The van der Waals surface area contributed by atoms with Gasteiger partial charge in [-0.25, -0.2) is 0 Å². The topological polar surface area (TPSA) is 24.9 Å². The normalized spacial score (nSPS) is 14.7. The second kappa shape index (κ2) is 6.15. The molecule has 112 valence electrons. The van der Waals surface area contributed by atoms with Crippen LogP contribution in [0.15, 0.2) is 18.2 Å². The van der Waals surface area contributed by atoms with Crippen LogP contribution in [0.2, 0.25) is 0 Å². The molecule has 1 aliphatic rings. The van der Waals surface area contributed by atoms with Crippen molar-refractivity contribution in [1.82, 2.24) is 10.3 Å². The molecule has 21 heavy (non-hydrogen) atoms. The average Bonchev–Trinajstić information content (AvgIpc) is 2.47. The number of para-hydroxylation sites is 1. The number of benzene rings is 1. The van der Waals surface area contributed by atoms with E-state index in [9.17, 15) is 0 Å². The van der Waals surface area contributed by atoms with Crippen LogP contribution in [0.4, 0.5) is 0 Å². The first-order valence-electron chi connectivity index (χ1n) is 8.27. The Balaban J connectivity index is 2.07. The number of nitrogens with zero attached hydrogens (tertiary/aromatic N) is 1. The van der Waals surface area contributed by atoms with Crippen molar-refractivity contribution in [2.45, 2.75) is 53.0 Å². The number of aromatic nitrogens is 1. The Labute approximate surface area is 128 Å². The zero-order valence-corrected chi connectivity index (χ0v) is 13.5. The van der Waals surface area contributed by atoms with Crippen LogP contribution in [0.1, 0.15) is 49.1 Å². The van der Waals surface area contributed by atoms with E-state index in [0.29, 0.717) is 5.92 Å². The lowest BCUT2D eigenvalue weighted by molar-refractivity contribution is 0.549. The Morgan fingerprint density at radius 3 is 2.81 bits per heavy atom. The van der Waals surface area contributed by atoms with Crippen LogP contribution in [0.25, 0.3) is 10.9 Å². The highest BCUT2D eigenvalue weighted by Gasteiger charge is 2.18. The number of aryl methyl sites for hydroxylation is 2. The van der Waals surface area contributed by atoms with E-state index in [2.05, 4.69) is 44.3 Å². The van der Waals surface area contributed by atoms with Gasteiger partial charge in [-0.3, -0.25) is 4.98 Å². The molecule has 0 unspecified atom stereocenters. The Morgan fingerprint density at radius 1 is 1.19 bits per heavy atom. The fourth-order valence-corrected chi connectivity index (χ4v) is 3.37. The fraction of sp³-hybridized carbons (Fsp3) is 0.526. The molecular weight excluding hydrogens is 256 g/mol. The second-order valence-corrected chi connectivity index (χ2v) is 6.72. The summed E-state index contributed by atoms with van der Waals surface area (Å²) in [6, 6.07) is 6.59. The van der Waals surface area contributed by atoms with E-state index < -0.39 is 0 Å². The maximum absolute atomic E-state index is 4.99. The standard InChI is InChI=1S/C19H26N2/c1-13(2)11-20-12-17-15-8-4-5-10-18(15)21-19-14(3)7-6-9-16(17)19/h6-7,9,13,20H,4-5,8,10-12H2,1-3H3. The first kappa shape index (κ1) is 14.5. The molecule has 0 fully saturated rings. The molecule has 0 radical (unpaired) electrons. The molecule has 2 nitrogen and oxygen atoms in total. The maximum Gasteiger partial charge on any atom is 0.0737 e. The highest BCUT2D eigenvalue weighted by Crippen LogP contribution is 2.30. The monoisotopic (exact) mass is 282 g/mol. The smallest absolute Gasteiger partial charge is 0.0737 e. The summed E-state index contributed by atoms with van der Waals surface area (Å²) in [5.41, 5.74) is 6.88. The van der Waals surface area contributed by atoms with Gasteiger partial charge in [0.15, 0.2) is 0 Å². The van der Waals surface area contributed by atoms with Crippen LogP contribution in [0, 0.1) is 12.8 Å². The van der Waals surface area contributed by atoms with Gasteiger partial charge in [0.25, 0.3) is 0 Å². The molecule has 3 rings (SSSR count). The van der Waals surface area contributed by atoms with Gasteiger partial charge in [-0.1, -0.05) is 32.0 Å². The average molecular weight is 282 g/mol. The first-order chi connectivity index (χ1) is 10.2. The summed E-state index contributed by atoms with van der Waals surface area (Å²) in [5.74, 6) is 0.690. The minimum Gasteiger partial charge on any atom is -0.312 e. The Hall–Kier alpha value is -1.41. The van der Waals surface area contributed by atoms with Crippen molar-refractivity contribution in [3.63, 3.8) is 0 Å². The molecule has 0 aliphatic heterocycles. The quantitative estimate of drug-likeness (QED) is 0.910. The number of hydrogen-bond donors (Lipinski definition) is 1. The van der Waals surface area contributed by atoms with Crippen molar-refractivity contribution in [3.05, 3.63) is 40.6 Å². The highest BCUT2D eigenvalue weighted by atomic mass is 14.9. The molecule has 0 bridgehead atoms. The van der Waals surface area contributed by atoms with Gasteiger partial charge in [0.1, 0.15) is 0 Å². The molecule has 0 saturated heterocycles. The molecule has 1 heterocycles. The number of pyridine rings is 1. The molecule has 2 heteroatoms. The van der Waals surface area contributed by atoms with E-state index in [-0.39, 0.29) is 0 Å². The number of fused-ring (bicyclic) bond motifs is 2. The molecule has 1 aromatic carbocycles. The summed E-state index contributed by atoms with van der Waals surface area (Å²) >= 11 is 0. The molecule has 0 amide bonds. The van der Waals surface area contributed by atoms with E-state index >= 15 is 0 Å². The highest BCUT2D eigenvalue weighted by molar-refractivity contribution is 5.86. The van der Waals surface area contributed by atoms with Gasteiger partial charge >= 0.3 is 0 Å². The summed E-state index contributed by atoms with van der Waals surface area (Å²) in [7, 11) is 0. The lowest BCUT2D eigenvalue weighted by Crippen LogP contribution is -2.21. The summed E-state index contributed by atoms with van der Waals surface area (Å²) in [6.07, 6.45) is 4.95. The van der Waals surface area contributed by atoms with Crippen LogP contribution in [0.3, 0.4) is 0 Å². The molecule has 1 aromatic heterocycles. The number of nitrogens with one attached hydrogen (secondary N) is 1. The van der Waals surface area contributed by atoms with Crippen LogP contribution in [-0.2, 0) is 19.4 Å². The van der Waals surface area contributed by atoms with Crippen LogP contribution < -0.4 is 5.32 Å². The van der Waals surface area contributed by atoms with Crippen molar-refractivity contribution in [2.24, 2.45) is 5.92 Å². The van der Waals surface area contributed by atoms with E-state index in [0.717, 1.165) is 19.5 Å². The number of hydrogen-bond acceptors (Lipinski definition) is 2. The summed E-state index contributed by atoms with van der Waals surface area (Å²) in [5, 5.41) is 4.99. The Bertz CT molecular complexity index is 644. The van der Waals surface area contributed by atoms with Crippen LogP contribution in [0.5, 0.6) is 0 Å². The summed E-state index contributed by atoms with van der Waals surface area (Å²) < 4.78 is 0. The molecule has 2 aromatic rings. The van der Waals surface area contributed by atoms with Crippen molar-refractivity contribution in [1.29, 1.82) is 0 Å². The Kier molecular flexibility index (Phi) is 4.25. The zero-order chi connectivity index (χ0) is 14.8. The van der Waals surface area contributed by atoms with E-state index in [1.54, 1.807) is 0 Å². The molecule has 1 N–H and O–H groups in total. The van der Waals surface area contributed by atoms with Gasteiger partial charge in [0.05, 0.1) is 5.52 Å². The minimum atomic E-state index is 0.690. The second-order valence-electron chi connectivity index (χ2n) is 6.72. The van der Waals surface area contributed by atoms with Gasteiger partial charge in [-0.05, 0) is 61.8 Å². The predicted molar refractivity (Wildman–Crippen MR) is 89.7 cm³/mol. The molecule has 0 atom stereocenters. The third kappa shape index (κ3) is 2.96. The number of rotatable bonds is 4. The Morgan fingerprint density at radius 2 is 2.00 bits per heavy atom. The van der Waals surface area contributed by atoms with E-state index in [1.165, 1.54) is 52.5 Å². The van der Waals surface area contributed by atoms with Gasteiger partial charge in [-0.15, -0.1) is 0 Å². The predicted octanol–water partition coefficient (Wildman–Crippen LogP) is 4.17. The third-order valence-electron chi connectivity index (χ3n) is 4.47. The minimum absolute atomic E-state index is 0.690. The van der Waals surface area contributed by atoms with Gasteiger partial charge < -0.3 is 5.32 Å². The van der Waals surface area contributed by atoms with Crippen LogP contribution >= 0.6 is 0 Å². The van der Waals surface area contributed by atoms with Gasteiger partial charge in [0.2, 0.25) is 0 Å². The largest absolute Gasteiger partial charge is 0.312 e. The fourth-order valence-electron chi connectivity index (χ4n) is 3.37. The van der Waals surface area contributed by atoms with Crippen LogP contribution in [-0.4, -0.2) is 11.5 Å². The maximum atomic E-state index is 4.99. The molecule has 1 aliphatic carbocycles. The van der Waals surface area contributed by atoms with Gasteiger partial charge in [-0.2, -0.15) is 0 Å². The molecule has 0 spiro atoms. The molecule has 0 saturated carbocycles. The lowest BCUT2D eigenvalue weighted by atomic mass is 9.89. The molecular formula is C19H26N2. The summed E-state index contributed by atoms with van der Waals surface area (Å²) in [6.45, 7) is 8.75. The van der Waals surface area contributed by atoms with Crippen molar-refractivity contribution in [3.8, 4) is 0 Å². The SMILES string of the molecule is Cc1cccc2c(CNCC(C)C)c3c(nc12)CCCC3. The first-order valence-corrected chi connectivity index (χ1v) is 8.27. The van der Waals surface area contributed by atoms with Crippen molar-refractivity contribution >= 4 is 10.9 Å². The van der Waals surface area contributed by atoms with E-state index in [1.807, 2.05) is 0 Å². The summed E-state index contributed by atoms with van der Waals surface area (Å²) in [4.78, 5) is 4.99. The lowest BCUT2D eigenvalue weighted by Gasteiger charge is -2.22. The van der Waals surface area contributed by atoms with Crippen molar-refractivity contribution < 1.29 is 0 Å². The van der Waals surface area contributed by atoms with Crippen molar-refractivity contribution in [2.75, 3.05) is 6.54 Å².